The number of benzene rings is 1. The summed E-state index contributed by atoms with van der Waals surface area (Å²) >= 11 is 1.66. The molecule has 6 heteroatoms. The van der Waals surface area contributed by atoms with Gasteiger partial charge in [-0.1, -0.05) is 17.8 Å². The molecule has 0 aliphatic heterocycles. The van der Waals surface area contributed by atoms with Crippen molar-refractivity contribution >= 4 is 26.5 Å². The monoisotopic (exact) mass is 304 g/mol. The van der Waals surface area contributed by atoms with Crippen molar-refractivity contribution in [2.24, 2.45) is 5.73 Å². The zero-order chi connectivity index (χ0) is 14.7. The van der Waals surface area contributed by atoms with Crippen LogP contribution in [0.2, 0.25) is 0 Å². The van der Waals surface area contributed by atoms with Gasteiger partial charge < -0.3 is 10.5 Å². The summed E-state index contributed by atoms with van der Waals surface area (Å²) in [7, 11) is 0. The second-order valence-corrected chi connectivity index (χ2v) is 6.01. The van der Waals surface area contributed by atoms with E-state index in [4.69, 9.17) is 10.5 Å². The molecule has 112 valence electrons. The molecule has 0 unspecified atom stereocenters. The first kappa shape index (κ1) is 14.3. The van der Waals surface area contributed by atoms with Crippen LogP contribution in [-0.4, -0.2) is 27.7 Å². The fourth-order valence-electron chi connectivity index (χ4n) is 2.49. The molecule has 0 fully saturated rings. The Balaban J connectivity index is 1.90. The Bertz CT molecular complexity index is 734. The minimum Gasteiger partial charge on any atom is -0.494 e. The van der Waals surface area contributed by atoms with Gasteiger partial charge in [-0.2, -0.15) is 0 Å². The molecule has 21 heavy (non-hydrogen) atoms. The van der Waals surface area contributed by atoms with Crippen LogP contribution < -0.4 is 10.5 Å². The first-order valence-electron chi connectivity index (χ1n) is 7.43. The largest absolute Gasteiger partial charge is 0.494 e. The summed E-state index contributed by atoms with van der Waals surface area (Å²) in [4.78, 5) is 0.951. The van der Waals surface area contributed by atoms with E-state index in [1.54, 1.807) is 11.3 Å². The van der Waals surface area contributed by atoms with Crippen molar-refractivity contribution in [2.45, 2.75) is 32.6 Å². The molecule has 0 bridgehead atoms. The number of aromatic nitrogens is 3. The maximum Gasteiger partial charge on any atom is 0.217 e. The molecule has 3 aromatic rings. The zero-order valence-electron chi connectivity index (χ0n) is 12.2. The Morgan fingerprint density at radius 1 is 1.24 bits per heavy atom. The molecule has 0 amide bonds. The van der Waals surface area contributed by atoms with Gasteiger partial charge in [0.25, 0.3) is 0 Å². The Morgan fingerprint density at radius 2 is 2.14 bits per heavy atom. The first-order chi connectivity index (χ1) is 10.3. The Hall–Kier alpha value is -1.66. The van der Waals surface area contributed by atoms with E-state index in [1.165, 1.54) is 4.70 Å². The van der Waals surface area contributed by atoms with E-state index in [-0.39, 0.29) is 0 Å². The molecule has 3 rings (SSSR count). The van der Waals surface area contributed by atoms with Gasteiger partial charge in [0.15, 0.2) is 0 Å². The standard InChI is InChI=1S/C15H20N4OS/c1-2-20-11-7-8-12-13(10-11)21-15-18-17-14(19(12)15)6-4-3-5-9-16/h7-8,10H,2-6,9,16H2,1H3. The molecule has 2 N–H and O–H groups in total. The van der Waals surface area contributed by atoms with Crippen LogP contribution in [-0.2, 0) is 6.42 Å². The fourth-order valence-corrected chi connectivity index (χ4v) is 3.50. The molecular formula is C15H20N4OS. The van der Waals surface area contributed by atoms with Crippen molar-refractivity contribution < 1.29 is 4.74 Å². The summed E-state index contributed by atoms with van der Waals surface area (Å²) in [6, 6.07) is 6.18. The maximum atomic E-state index is 5.56. The third kappa shape index (κ3) is 2.87. The number of aryl methyl sites for hydroxylation is 1. The lowest BCUT2D eigenvalue weighted by Crippen LogP contribution is -1.99. The molecule has 0 saturated carbocycles. The van der Waals surface area contributed by atoms with Crippen LogP contribution in [0.15, 0.2) is 18.2 Å². The van der Waals surface area contributed by atoms with Crippen molar-refractivity contribution in [1.82, 2.24) is 14.6 Å². The van der Waals surface area contributed by atoms with E-state index in [0.29, 0.717) is 6.61 Å². The predicted octanol–water partition coefficient (Wildman–Crippen LogP) is 3.01. The summed E-state index contributed by atoms with van der Waals surface area (Å²) in [5, 5.41) is 8.62. The van der Waals surface area contributed by atoms with E-state index < -0.39 is 0 Å². The van der Waals surface area contributed by atoms with Crippen LogP contribution >= 0.6 is 11.3 Å². The lowest BCUT2D eigenvalue weighted by atomic mass is 10.2. The number of hydrogen-bond donors (Lipinski definition) is 1. The third-order valence-electron chi connectivity index (χ3n) is 3.49. The van der Waals surface area contributed by atoms with Crippen LogP contribution in [0.1, 0.15) is 32.0 Å². The average molecular weight is 304 g/mol. The summed E-state index contributed by atoms with van der Waals surface area (Å²) in [6.07, 6.45) is 4.26. The fraction of sp³-hybridized carbons (Fsp3) is 0.467. The Kier molecular flexibility index (Phi) is 4.36. The van der Waals surface area contributed by atoms with Crippen LogP contribution in [0.4, 0.5) is 0 Å². The normalized spacial score (nSPS) is 11.5. The minimum absolute atomic E-state index is 0.683. The highest BCUT2D eigenvalue weighted by atomic mass is 32.1. The van der Waals surface area contributed by atoms with Crippen molar-refractivity contribution in [3.05, 3.63) is 24.0 Å². The SMILES string of the molecule is CCOc1ccc2c(c1)sc1nnc(CCCCCN)n12. The van der Waals surface area contributed by atoms with Gasteiger partial charge in [-0.25, -0.2) is 0 Å². The van der Waals surface area contributed by atoms with E-state index in [2.05, 4.69) is 26.7 Å². The summed E-state index contributed by atoms with van der Waals surface area (Å²) < 4.78 is 8.91. The maximum absolute atomic E-state index is 5.56. The Morgan fingerprint density at radius 3 is 2.95 bits per heavy atom. The lowest BCUT2D eigenvalue weighted by molar-refractivity contribution is 0.341. The van der Waals surface area contributed by atoms with Gasteiger partial charge in [-0.05, 0) is 44.5 Å². The Labute approximate surface area is 127 Å². The van der Waals surface area contributed by atoms with Crippen LogP contribution in [0, 0.1) is 0 Å². The molecule has 2 heterocycles. The van der Waals surface area contributed by atoms with Crippen LogP contribution in [0.5, 0.6) is 5.75 Å². The summed E-state index contributed by atoms with van der Waals surface area (Å²) in [5.74, 6) is 1.95. The highest BCUT2D eigenvalue weighted by molar-refractivity contribution is 7.23. The predicted molar refractivity (Wildman–Crippen MR) is 86.1 cm³/mol. The molecule has 2 aromatic heterocycles. The molecule has 0 atom stereocenters. The van der Waals surface area contributed by atoms with E-state index in [1.807, 2.05) is 13.0 Å². The molecule has 0 saturated heterocycles. The number of thiazole rings is 1. The second-order valence-electron chi connectivity index (χ2n) is 5.00. The number of rotatable bonds is 7. The van der Waals surface area contributed by atoms with E-state index in [9.17, 15) is 0 Å². The highest BCUT2D eigenvalue weighted by Gasteiger charge is 2.12. The molecule has 0 radical (unpaired) electrons. The second kappa shape index (κ2) is 6.41. The van der Waals surface area contributed by atoms with Crippen molar-refractivity contribution in [3.63, 3.8) is 0 Å². The van der Waals surface area contributed by atoms with Gasteiger partial charge in [0.2, 0.25) is 4.96 Å². The number of hydrogen-bond acceptors (Lipinski definition) is 5. The molecule has 0 aliphatic carbocycles. The topological polar surface area (TPSA) is 65.4 Å². The highest BCUT2D eigenvalue weighted by Crippen LogP contribution is 2.30. The van der Waals surface area contributed by atoms with Gasteiger partial charge >= 0.3 is 0 Å². The van der Waals surface area contributed by atoms with Crippen molar-refractivity contribution in [2.75, 3.05) is 13.2 Å². The molecule has 0 aliphatic rings. The van der Waals surface area contributed by atoms with Crippen LogP contribution in [0.25, 0.3) is 15.2 Å². The molecular weight excluding hydrogens is 284 g/mol. The van der Waals surface area contributed by atoms with E-state index in [0.717, 1.165) is 54.3 Å². The zero-order valence-corrected chi connectivity index (χ0v) is 13.0. The number of ether oxygens (including phenoxy) is 1. The summed E-state index contributed by atoms with van der Waals surface area (Å²) in [5.41, 5.74) is 6.70. The van der Waals surface area contributed by atoms with Gasteiger partial charge in [0, 0.05) is 6.42 Å². The number of fused-ring (bicyclic) bond motifs is 3. The molecule has 5 nitrogen and oxygen atoms in total. The van der Waals surface area contributed by atoms with Crippen molar-refractivity contribution in [1.29, 1.82) is 0 Å². The van der Waals surface area contributed by atoms with Gasteiger partial charge in [0.05, 0.1) is 16.8 Å². The number of nitrogens with zero attached hydrogens (tertiary/aromatic N) is 3. The number of nitrogens with two attached hydrogens (primary N) is 1. The molecule has 0 spiro atoms. The third-order valence-corrected chi connectivity index (χ3v) is 4.48. The van der Waals surface area contributed by atoms with Crippen molar-refractivity contribution in [3.8, 4) is 5.75 Å². The van der Waals surface area contributed by atoms with E-state index >= 15 is 0 Å². The summed E-state index contributed by atoms with van der Waals surface area (Å²) in [6.45, 7) is 3.44. The minimum atomic E-state index is 0.683. The van der Waals surface area contributed by atoms with Crippen LogP contribution in [0.3, 0.4) is 0 Å². The molecule has 1 aromatic carbocycles. The average Bonchev–Trinajstić information content (AvgIpc) is 3.03. The lowest BCUT2D eigenvalue weighted by Gasteiger charge is -2.03. The quantitative estimate of drug-likeness (QED) is 0.681. The van der Waals surface area contributed by atoms with Gasteiger partial charge in [-0.15, -0.1) is 10.2 Å². The van der Waals surface area contributed by atoms with Gasteiger partial charge in [0.1, 0.15) is 11.6 Å². The smallest absolute Gasteiger partial charge is 0.217 e. The van der Waals surface area contributed by atoms with Gasteiger partial charge in [-0.3, -0.25) is 4.40 Å². The first-order valence-corrected chi connectivity index (χ1v) is 8.24. The number of unbranched alkanes of at least 4 members (excludes halogenated alkanes) is 2.